The first kappa shape index (κ1) is 21.8. The minimum atomic E-state index is -1.53. The molecule has 0 bridgehead atoms. The van der Waals surface area contributed by atoms with Crippen LogP contribution in [0.15, 0.2) is 12.7 Å². The van der Waals surface area contributed by atoms with Crippen LogP contribution < -0.4 is 10.2 Å². The van der Waals surface area contributed by atoms with Gasteiger partial charge in [-0.25, -0.2) is 24.5 Å². The molecule has 2 amide bonds. The molecule has 0 spiro atoms. The smallest absolute Gasteiger partial charge is 0.328 e. The Hall–Kier alpha value is -2.91. The maximum atomic E-state index is 12.5. The summed E-state index contributed by atoms with van der Waals surface area (Å²) in [5.41, 5.74) is 0.302. The van der Waals surface area contributed by atoms with Gasteiger partial charge < -0.3 is 35.6 Å². The van der Waals surface area contributed by atoms with Crippen molar-refractivity contribution in [3.63, 3.8) is 0 Å². The molecular weight excluding hydrogens is 404 g/mol. The molecule has 1 fully saturated rings. The highest BCUT2D eigenvalue weighted by Gasteiger charge is 2.44. The number of nitrogens with one attached hydrogen (secondary N) is 1. The van der Waals surface area contributed by atoms with E-state index in [4.69, 9.17) is 9.84 Å². The number of aromatic nitrogens is 4. The molecule has 14 nitrogen and oxygen atoms in total. The number of hydrogen-bond donors (Lipinski definition) is 6. The first-order chi connectivity index (χ1) is 14.2. The van der Waals surface area contributed by atoms with E-state index in [1.165, 1.54) is 24.9 Å². The Morgan fingerprint density at radius 2 is 2.00 bits per heavy atom. The largest absolute Gasteiger partial charge is 0.480 e. The van der Waals surface area contributed by atoms with Gasteiger partial charge in [0.2, 0.25) is 0 Å². The molecule has 30 heavy (non-hydrogen) atoms. The number of anilines is 1. The number of fused-ring (bicyclic) bond motifs is 1. The average Bonchev–Trinajstić information content (AvgIpc) is 3.26. The van der Waals surface area contributed by atoms with Crippen LogP contribution in [0, 0.1) is 0 Å². The number of hydrogen-bond acceptors (Lipinski definition) is 10. The van der Waals surface area contributed by atoms with Crippen LogP contribution >= 0.6 is 0 Å². The predicted molar refractivity (Wildman–Crippen MR) is 98.4 cm³/mol. The normalized spacial score (nSPS) is 25.8. The highest BCUT2D eigenvalue weighted by molar-refractivity contribution is 5.99. The highest BCUT2D eigenvalue weighted by atomic mass is 16.6. The van der Waals surface area contributed by atoms with Gasteiger partial charge in [0.05, 0.1) is 19.0 Å². The van der Waals surface area contributed by atoms with Gasteiger partial charge in [-0.15, -0.1) is 0 Å². The molecule has 6 atom stereocenters. The van der Waals surface area contributed by atoms with Crippen molar-refractivity contribution >= 4 is 29.0 Å². The first-order valence-electron chi connectivity index (χ1n) is 8.92. The molecule has 3 heterocycles. The molecule has 6 unspecified atom stereocenters. The van der Waals surface area contributed by atoms with E-state index in [0.717, 1.165) is 11.2 Å². The van der Waals surface area contributed by atoms with Crippen LogP contribution in [0.25, 0.3) is 11.2 Å². The summed E-state index contributed by atoms with van der Waals surface area (Å²) in [5, 5.41) is 50.3. The summed E-state index contributed by atoms with van der Waals surface area (Å²) in [5.74, 6) is -1.38. The van der Waals surface area contributed by atoms with Crippen molar-refractivity contribution in [3.8, 4) is 0 Å². The molecule has 6 N–H and O–H groups in total. The number of carbonyl (C=O) groups excluding carboxylic acids is 1. The lowest BCUT2D eigenvalue weighted by Gasteiger charge is -2.22. The van der Waals surface area contributed by atoms with Gasteiger partial charge >= 0.3 is 12.0 Å². The highest BCUT2D eigenvalue weighted by Crippen LogP contribution is 2.32. The molecule has 1 aliphatic heterocycles. The van der Waals surface area contributed by atoms with Gasteiger partial charge in [-0.3, -0.25) is 9.47 Å². The molecule has 0 saturated carbocycles. The quantitative estimate of drug-likeness (QED) is 0.283. The summed E-state index contributed by atoms with van der Waals surface area (Å²) in [6.45, 7) is 0.725. The molecule has 1 saturated heterocycles. The predicted octanol–water partition coefficient (Wildman–Crippen LogP) is -2.58. The second-order valence-electron chi connectivity index (χ2n) is 6.82. The standard InChI is InChI=1S/C16H22N6O8/c1-6(24)8(15(27)28)20-16(29)21(2)12-9-13(18-4-17-12)22(5-19-9)14-11(26)10(25)7(3-23)30-14/h4-8,10-11,14,23-26H,3H2,1-2H3,(H,20,29)(H,27,28). The topological polar surface area (TPSA) is 203 Å². The summed E-state index contributed by atoms with van der Waals surface area (Å²) >= 11 is 0. The Kier molecular flexibility index (Phi) is 6.14. The van der Waals surface area contributed by atoms with E-state index in [0.29, 0.717) is 0 Å². The summed E-state index contributed by atoms with van der Waals surface area (Å²) in [6.07, 6.45) is -3.70. The van der Waals surface area contributed by atoms with E-state index in [2.05, 4.69) is 20.3 Å². The molecule has 0 aromatic carbocycles. The van der Waals surface area contributed by atoms with E-state index in [-0.39, 0.29) is 17.0 Å². The molecule has 0 aliphatic carbocycles. The van der Waals surface area contributed by atoms with Crippen LogP contribution in [-0.2, 0) is 9.53 Å². The molecule has 14 heteroatoms. The summed E-state index contributed by atoms with van der Waals surface area (Å²) in [4.78, 5) is 36.9. The van der Waals surface area contributed by atoms with Crippen LogP contribution in [0.5, 0.6) is 0 Å². The maximum absolute atomic E-state index is 12.5. The fourth-order valence-electron chi connectivity index (χ4n) is 3.10. The second kappa shape index (κ2) is 8.45. The zero-order chi connectivity index (χ0) is 22.2. The fourth-order valence-corrected chi connectivity index (χ4v) is 3.10. The Morgan fingerprint density at radius 1 is 1.30 bits per heavy atom. The van der Waals surface area contributed by atoms with Crippen molar-refractivity contribution in [2.75, 3.05) is 18.6 Å². The third-order valence-electron chi connectivity index (χ3n) is 4.78. The van der Waals surface area contributed by atoms with Gasteiger partial charge in [0.25, 0.3) is 0 Å². The van der Waals surface area contributed by atoms with Gasteiger partial charge in [-0.05, 0) is 6.92 Å². The zero-order valence-corrected chi connectivity index (χ0v) is 16.0. The minimum Gasteiger partial charge on any atom is -0.480 e. The Morgan fingerprint density at radius 3 is 2.57 bits per heavy atom. The molecule has 0 radical (unpaired) electrons. The summed E-state index contributed by atoms with van der Waals surface area (Å²) in [6, 6.07) is -2.39. The number of carboxylic acids is 1. The van der Waals surface area contributed by atoms with Crippen LogP contribution in [0.4, 0.5) is 10.6 Å². The lowest BCUT2D eigenvalue weighted by molar-refractivity contribution is -0.141. The van der Waals surface area contributed by atoms with Gasteiger partial charge in [0, 0.05) is 7.05 Å². The second-order valence-corrected chi connectivity index (χ2v) is 6.82. The zero-order valence-electron chi connectivity index (χ0n) is 16.0. The summed E-state index contributed by atoms with van der Waals surface area (Å²) < 4.78 is 6.79. The number of nitrogens with zero attached hydrogens (tertiary/aromatic N) is 5. The summed E-state index contributed by atoms with van der Waals surface area (Å²) in [7, 11) is 1.32. The van der Waals surface area contributed by atoms with Crippen molar-refractivity contribution in [3.05, 3.63) is 12.7 Å². The molecule has 164 valence electrons. The Labute approximate surface area is 169 Å². The SMILES string of the molecule is CC(O)C(NC(=O)N(C)c1ncnc2c1ncn2C1OC(CO)C(O)C1O)C(=O)O. The minimum absolute atomic E-state index is 0.0257. The number of urea groups is 1. The third kappa shape index (κ3) is 3.78. The molecule has 1 aliphatic rings. The number of amides is 2. The maximum Gasteiger partial charge on any atom is 0.328 e. The Balaban J connectivity index is 1.90. The number of aliphatic hydroxyl groups excluding tert-OH is 4. The monoisotopic (exact) mass is 426 g/mol. The number of aliphatic carboxylic acids is 1. The van der Waals surface area contributed by atoms with Crippen molar-refractivity contribution in [1.29, 1.82) is 0 Å². The average molecular weight is 426 g/mol. The van der Waals surface area contributed by atoms with Gasteiger partial charge in [0.15, 0.2) is 29.3 Å². The van der Waals surface area contributed by atoms with Crippen molar-refractivity contribution in [2.24, 2.45) is 0 Å². The number of ether oxygens (including phenoxy) is 1. The van der Waals surface area contributed by atoms with Crippen molar-refractivity contribution in [1.82, 2.24) is 24.8 Å². The van der Waals surface area contributed by atoms with Gasteiger partial charge in [-0.2, -0.15) is 0 Å². The number of aliphatic hydroxyl groups is 4. The van der Waals surface area contributed by atoms with Crippen molar-refractivity contribution < 1.29 is 39.9 Å². The van der Waals surface area contributed by atoms with E-state index >= 15 is 0 Å². The number of rotatable bonds is 6. The number of carboxylic acid groups (broad SMARTS) is 1. The van der Waals surface area contributed by atoms with Gasteiger partial charge in [0.1, 0.15) is 24.6 Å². The van der Waals surface area contributed by atoms with Crippen molar-refractivity contribution in [2.45, 2.75) is 43.6 Å². The van der Waals surface area contributed by atoms with E-state index in [1.807, 2.05) is 0 Å². The lowest BCUT2D eigenvalue weighted by atomic mass is 10.1. The molecule has 2 aromatic heterocycles. The number of imidazole rings is 1. The lowest BCUT2D eigenvalue weighted by Crippen LogP contribution is -2.51. The molecule has 3 rings (SSSR count). The number of carbonyl (C=O) groups is 2. The third-order valence-corrected chi connectivity index (χ3v) is 4.78. The van der Waals surface area contributed by atoms with E-state index in [1.54, 1.807) is 0 Å². The van der Waals surface area contributed by atoms with Crippen LogP contribution in [0.2, 0.25) is 0 Å². The van der Waals surface area contributed by atoms with E-state index < -0.39 is 55.3 Å². The fraction of sp³-hybridized carbons (Fsp3) is 0.562. The first-order valence-corrected chi connectivity index (χ1v) is 8.92. The van der Waals surface area contributed by atoms with E-state index in [9.17, 15) is 30.0 Å². The van der Waals surface area contributed by atoms with Gasteiger partial charge in [-0.1, -0.05) is 0 Å². The van der Waals surface area contributed by atoms with Crippen LogP contribution in [0.1, 0.15) is 13.2 Å². The van der Waals surface area contributed by atoms with Crippen LogP contribution in [0.3, 0.4) is 0 Å². The van der Waals surface area contributed by atoms with Crippen LogP contribution in [-0.4, -0.2) is 101 Å². The Bertz CT molecular complexity index is 936. The molecular formula is C16H22N6O8. The molecule has 2 aromatic rings.